The van der Waals surface area contributed by atoms with Gasteiger partial charge in [-0.05, 0) is 26.9 Å². The normalized spacial score (nSPS) is 11.3. The minimum absolute atomic E-state index is 0.122. The molecule has 35 heavy (non-hydrogen) atoms. The number of hydrogen-bond acceptors (Lipinski definition) is 11. The maximum absolute atomic E-state index is 10.9. The lowest BCUT2D eigenvalue weighted by molar-refractivity contribution is -0.141. The average Bonchev–Trinajstić information content (AvgIpc) is 2.82. The molecule has 0 aliphatic carbocycles. The Hall–Kier alpha value is -3.64. The molecule has 0 saturated heterocycles. The summed E-state index contributed by atoms with van der Waals surface area (Å²) in [6, 6.07) is 0. The monoisotopic (exact) mass is 497 g/mol. The number of ether oxygens (including phenoxy) is 4. The average molecular weight is 498 g/mol. The lowest BCUT2D eigenvalue weighted by atomic mass is 10.4. The Labute approximate surface area is 206 Å². The summed E-state index contributed by atoms with van der Waals surface area (Å²) in [6.07, 6.45) is 11.8. The molecule has 0 aliphatic rings. The maximum Gasteiger partial charge on any atom is 0.331 e. The number of hydrogen-bond donors (Lipinski definition) is 3. The zero-order valence-corrected chi connectivity index (χ0v) is 20.5. The van der Waals surface area contributed by atoms with Crippen LogP contribution in [0.4, 0.5) is 0 Å². The number of terminal acetylenes is 2. The molecule has 3 N–H and O–H groups in total. The molecule has 0 aromatic heterocycles. The van der Waals surface area contributed by atoms with Crippen LogP contribution in [0.1, 0.15) is 27.7 Å². The zero-order valence-electron chi connectivity index (χ0n) is 20.5. The van der Waals surface area contributed by atoms with Crippen LogP contribution in [0.5, 0.6) is 0 Å². The summed E-state index contributed by atoms with van der Waals surface area (Å²) in [5.41, 5.74) is 0. The number of carbonyl (C=O) groups excluding carboxylic acids is 4. The van der Waals surface area contributed by atoms with E-state index in [1.807, 2.05) is 0 Å². The number of aliphatic hydroxyl groups is 2. The molecule has 0 rings (SSSR count). The topological polar surface area (TPSA) is 158 Å². The van der Waals surface area contributed by atoms with E-state index in [0.717, 1.165) is 37.4 Å². The number of carbonyl (C=O) groups is 4. The molecule has 0 aromatic carbocycles. The largest absolute Gasteiger partial charge is 0.460 e. The Morgan fingerprint density at radius 2 is 1.00 bits per heavy atom. The molecule has 0 amide bonds. The lowest BCUT2D eigenvalue weighted by Crippen LogP contribution is -2.14. The van der Waals surface area contributed by atoms with Gasteiger partial charge in [0.05, 0.1) is 12.2 Å². The molecule has 2 unspecified atom stereocenters. The van der Waals surface area contributed by atoms with Crippen molar-refractivity contribution in [1.82, 2.24) is 5.32 Å². The van der Waals surface area contributed by atoms with E-state index in [0.29, 0.717) is 0 Å². The summed E-state index contributed by atoms with van der Waals surface area (Å²) in [4.78, 5) is 43.3. The van der Waals surface area contributed by atoms with E-state index in [2.05, 4.69) is 50.0 Å². The number of aliphatic hydroxyl groups excluding tert-OH is 2. The van der Waals surface area contributed by atoms with E-state index in [4.69, 9.17) is 23.1 Å². The van der Waals surface area contributed by atoms with Crippen LogP contribution in [0.25, 0.3) is 0 Å². The fourth-order valence-corrected chi connectivity index (χ4v) is 1.35. The van der Waals surface area contributed by atoms with Gasteiger partial charge in [-0.15, -0.1) is 12.8 Å². The Bertz CT molecular complexity index is 680. The van der Waals surface area contributed by atoms with Crippen molar-refractivity contribution in [2.24, 2.45) is 0 Å². The molecule has 0 saturated carbocycles. The third kappa shape index (κ3) is 35.1. The number of rotatable bonds is 12. The summed E-state index contributed by atoms with van der Waals surface area (Å²) in [6.45, 7) is 8.79. The molecule has 0 fully saturated rings. The molecule has 11 heteroatoms. The van der Waals surface area contributed by atoms with Gasteiger partial charge in [0, 0.05) is 24.3 Å². The third-order valence-electron chi connectivity index (χ3n) is 2.74. The highest BCUT2D eigenvalue weighted by molar-refractivity contribution is 5.92. The maximum atomic E-state index is 10.9. The summed E-state index contributed by atoms with van der Waals surface area (Å²) in [7, 11) is 0. The van der Waals surface area contributed by atoms with Crippen LogP contribution >= 0.6 is 0 Å². The highest BCUT2D eigenvalue weighted by atomic mass is 16.6. The molecule has 11 nitrogen and oxygen atoms in total. The van der Waals surface area contributed by atoms with Crippen LogP contribution in [-0.2, 0) is 38.1 Å². The predicted molar refractivity (Wildman–Crippen MR) is 127 cm³/mol. The zero-order chi connectivity index (χ0) is 27.5. The Morgan fingerprint density at radius 1 is 0.714 bits per heavy atom. The van der Waals surface area contributed by atoms with Gasteiger partial charge in [0.15, 0.2) is 13.2 Å². The molecule has 0 aliphatic heterocycles. The van der Waals surface area contributed by atoms with Crippen LogP contribution in [0.3, 0.4) is 0 Å². The minimum Gasteiger partial charge on any atom is -0.460 e. The molecule has 0 aromatic rings. The highest BCUT2D eigenvalue weighted by Crippen LogP contribution is 1.89. The van der Waals surface area contributed by atoms with Crippen molar-refractivity contribution in [2.75, 3.05) is 39.5 Å². The van der Waals surface area contributed by atoms with Crippen molar-refractivity contribution in [2.45, 2.75) is 39.9 Å². The van der Waals surface area contributed by atoms with Crippen LogP contribution < -0.4 is 5.32 Å². The first-order valence-electron chi connectivity index (χ1n) is 10.5. The molecule has 0 heterocycles. The smallest absolute Gasteiger partial charge is 0.331 e. The van der Waals surface area contributed by atoms with Crippen molar-refractivity contribution in [3.63, 3.8) is 0 Å². The summed E-state index contributed by atoms with van der Waals surface area (Å²) in [5, 5.41) is 20.7. The molecular formula is C24H35NO10. The molecular weight excluding hydrogens is 462 g/mol. The van der Waals surface area contributed by atoms with Gasteiger partial charge in [-0.1, -0.05) is 25.7 Å². The fraction of sp³-hybridized carbons (Fsp3) is 0.500. The first-order valence-corrected chi connectivity index (χ1v) is 10.5. The minimum atomic E-state index is -0.740. The van der Waals surface area contributed by atoms with Gasteiger partial charge in [0.1, 0.15) is 13.2 Å². The molecule has 0 bridgehead atoms. The van der Waals surface area contributed by atoms with Crippen molar-refractivity contribution in [1.29, 1.82) is 0 Å². The van der Waals surface area contributed by atoms with Gasteiger partial charge in [-0.25, -0.2) is 19.2 Å². The van der Waals surface area contributed by atoms with E-state index in [1.54, 1.807) is 0 Å². The van der Waals surface area contributed by atoms with Gasteiger partial charge in [0.2, 0.25) is 0 Å². The second-order valence-corrected chi connectivity index (χ2v) is 6.21. The first kappa shape index (κ1) is 35.9. The quantitative estimate of drug-likeness (QED) is 0.143. The van der Waals surface area contributed by atoms with E-state index >= 15 is 0 Å². The first-order chi connectivity index (χ1) is 16.5. The molecule has 0 spiro atoms. The second kappa shape index (κ2) is 26.6. The predicted octanol–water partition coefficient (Wildman–Crippen LogP) is -0.0982. The van der Waals surface area contributed by atoms with E-state index < -0.39 is 36.1 Å². The van der Waals surface area contributed by atoms with Gasteiger partial charge in [0.25, 0.3) is 0 Å². The fourth-order valence-electron chi connectivity index (χ4n) is 1.35. The Kier molecular flexibility index (Phi) is 27.3. The van der Waals surface area contributed by atoms with Crippen molar-refractivity contribution in [3.05, 3.63) is 24.3 Å². The molecule has 0 radical (unpaired) electrons. The van der Waals surface area contributed by atoms with E-state index in [9.17, 15) is 19.2 Å². The van der Waals surface area contributed by atoms with Crippen LogP contribution in [-0.4, -0.2) is 85.8 Å². The van der Waals surface area contributed by atoms with E-state index in [-0.39, 0.29) is 26.4 Å². The van der Waals surface area contributed by atoms with Crippen LogP contribution in [0, 0.1) is 24.7 Å². The molecule has 196 valence electrons. The standard InChI is InChI=1S/2C10H12O5.C4H11N/c2*1-3-6-14-9(12)4-5-10(13)15-7-8(2)11;1-3-5-4-2/h2*1,4-5,8,11H,6-7H2,2H3;5H,3-4H2,1-2H3/b5-4+;5-4-;. The summed E-state index contributed by atoms with van der Waals surface area (Å²) >= 11 is 0. The van der Waals surface area contributed by atoms with Gasteiger partial charge >= 0.3 is 23.9 Å². The molecule has 2 atom stereocenters. The number of nitrogens with one attached hydrogen (secondary N) is 1. The lowest BCUT2D eigenvalue weighted by Gasteiger charge is -2.03. The van der Waals surface area contributed by atoms with Crippen molar-refractivity contribution in [3.8, 4) is 24.7 Å². The Balaban J connectivity index is -0.000000491. The third-order valence-corrected chi connectivity index (χ3v) is 2.74. The summed E-state index contributed by atoms with van der Waals surface area (Å²) < 4.78 is 18.0. The van der Waals surface area contributed by atoms with Gasteiger partial charge < -0.3 is 34.5 Å². The van der Waals surface area contributed by atoms with E-state index in [1.165, 1.54) is 13.8 Å². The van der Waals surface area contributed by atoms with Gasteiger partial charge in [-0.3, -0.25) is 0 Å². The number of esters is 4. The van der Waals surface area contributed by atoms with Crippen LogP contribution in [0.2, 0.25) is 0 Å². The summed E-state index contributed by atoms with van der Waals surface area (Å²) in [5.74, 6) is 1.30. The van der Waals surface area contributed by atoms with Crippen molar-refractivity contribution >= 4 is 23.9 Å². The van der Waals surface area contributed by atoms with Crippen LogP contribution in [0.15, 0.2) is 24.3 Å². The second-order valence-electron chi connectivity index (χ2n) is 6.21. The van der Waals surface area contributed by atoms with Gasteiger partial charge in [-0.2, -0.15) is 0 Å². The van der Waals surface area contributed by atoms with Crippen molar-refractivity contribution < 1.29 is 48.3 Å². The Morgan fingerprint density at radius 3 is 1.20 bits per heavy atom. The SMILES string of the molecule is C#CCOC(=O)/C=C/C(=O)OCC(C)O.C#CCOC(=O)/C=C\C(=O)OCC(C)O.CCNCC. The highest BCUT2D eigenvalue weighted by Gasteiger charge is 2.03.